The van der Waals surface area contributed by atoms with Gasteiger partial charge in [-0.3, -0.25) is 4.79 Å². The lowest BCUT2D eigenvalue weighted by atomic mass is 10.1. The Kier molecular flexibility index (Phi) is 5.80. The summed E-state index contributed by atoms with van der Waals surface area (Å²) in [5.74, 6) is 0.00652. The molecule has 2 rings (SSSR count). The van der Waals surface area contributed by atoms with E-state index in [1.807, 2.05) is 32.0 Å². The topological polar surface area (TPSA) is 32.3 Å². The third kappa shape index (κ3) is 4.35. The first kappa shape index (κ1) is 17.1. The first-order valence-corrected chi connectivity index (χ1v) is 8.19. The monoisotopic (exact) mass is 310 g/mol. The van der Waals surface area contributed by atoms with E-state index in [0.29, 0.717) is 6.54 Å². The maximum absolute atomic E-state index is 12.4. The summed E-state index contributed by atoms with van der Waals surface area (Å²) in [7, 11) is 0. The van der Waals surface area contributed by atoms with E-state index in [4.69, 9.17) is 0 Å². The largest absolute Gasteiger partial charge is 0.370 e. The van der Waals surface area contributed by atoms with Gasteiger partial charge in [0.2, 0.25) is 0 Å². The Morgan fingerprint density at radius 3 is 2.48 bits per heavy atom. The van der Waals surface area contributed by atoms with Crippen molar-refractivity contribution < 1.29 is 4.79 Å². The summed E-state index contributed by atoms with van der Waals surface area (Å²) >= 11 is 0. The fourth-order valence-corrected chi connectivity index (χ4v) is 2.75. The molecule has 0 atom stereocenters. The van der Waals surface area contributed by atoms with E-state index in [-0.39, 0.29) is 5.91 Å². The molecule has 0 aliphatic rings. The number of likely N-dealkylation sites (N-methyl/N-ethyl adjacent to an activating group) is 1. The fraction of sp³-hybridized carbons (Fsp3) is 0.350. The maximum Gasteiger partial charge on any atom is 0.251 e. The van der Waals surface area contributed by atoms with Crippen molar-refractivity contribution in [1.29, 1.82) is 0 Å². The van der Waals surface area contributed by atoms with Crippen molar-refractivity contribution in [1.82, 2.24) is 5.32 Å². The van der Waals surface area contributed by atoms with Gasteiger partial charge in [-0.2, -0.15) is 0 Å². The van der Waals surface area contributed by atoms with Gasteiger partial charge in [-0.1, -0.05) is 35.9 Å². The molecule has 0 bridgehead atoms. The average molecular weight is 310 g/mol. The van der Waals surface area contributed by atoms with Gasteiger partial charge >= 0.3 is 0 Å². The third-order valence-electron chi connectivity index (χ3n) is 4.14. The summed E-state index contributed by atoms with van der Waals surface area (Å²) < 4.78 is 0. The summed E-state index contributed by atoms with van der Waals surface area (Å²) in [6.07, 6.45) is 0. The molecule has 0 aromatic heterocycles. The van der Waals surface area contributed by atoms with Gasteiger partial charge in [-0.05, 0) is 51.0 Å². The molecule has 0 unspecified atom stereocenters. The van der Waals surface area contributed by atoms with E-state index < -0.39 is 0 Å². The minimum absolute atomic E-state index is 0.00652. The van der Waals surface area contributed by atoms with E-state index >= 15 is 0 Å². The van der Waals surface area contributed by atoms with Crippen LogP contribution in [0.15, 0.2) is 42.5 Å². The van der Waals surface area contributed by atoms with Crippen LogP contribution in [0.2, 0.25) is 0 Å². The minimum atomic E-state index is 0.00652. The highest BCUT2D eigenvalue weighted by molar-refractivity contribution is 5.95. The van der Waals surface area contributed by atoms with Crippen molar-refractivity contribution in [2.24, 2.45) is 0 Å². The van der Waals surface area contributed by atoms with Crippen LogP contribution in [0.4, 0.5) is 5.69 Å². The van der Waals surface area contributed by atoms with Crippen LogP contribution in [0.1, 0.15) is 34.0 Å². The van der Waals surface area contributed by atoms with Gasteiger partial charge in [0.05, 0.1) is 0 Å². The summed E-state index contributed by atoms with van der Waals surface area (Å²) in [5.41, 5.74) is 5.38. The molecule has 2 aromatic rings. The second-order valence-corrected chi connectivity index (χ2v) is 5.94. The Labute approximate surface area is 139 Å². The quantitative estimate of drug-likeness (QED) is 0.878. The maximum atomic E-state index is 12.4. The number of hydrogen-bond acceptors (Lipinski definition) is 2. The molecule has 0 heterocycles. The molecule has 2 aromatic carbocycles. The molecule has 0 spiro atoms. The van der Waals surface area contributed by atoms with Gasteiger partial charge in [0.25, 0.3) is 5.91 Å². The van der Waals surface area contributed by atoms with E-state index in [0.717, 1.165) is 29.8 Å². The predicted molar refractivity (Wildman–Crippen MR) is 97.3 cm³/mol. The second-order valence-electron chi connectivity index (χ2n) is 5.94. The van der Waals surface area contributed by atoms with Crippen molar-refractivity contribution in [3.8, 4) is 0 Å². The van der Waals surface area contributed by atoms with E-state index in [9.17, 15) is 4.79 Å². The summed E-state index contributed by atoms with van der Waals surface area (Å²) in [5, 5.41) is 3.04. The molecule has 0 saturated carbocycles. The molecule has 0 aliphatic carbocycles. The van der Waals surface area contributed by atoms with Gasteiger partial charge in [0.1, 0.15) is 0 Å². The molecule has 23 heavy (non-hydrogen) atoms. The first-order valence-electron chi connectivity index (χ1n) is 8.19. The molecule has 0 saturated heterocycles. The SMILES string of the molecule is CCN(CCNC(=O)c1cc(C)ccc1C)c1ccccc1C. The zero-order chi connectivity index (χ0) is 16.8. The molecule has 0 radical (unpaired) electrons. The predicted octanol–water partition coefficient (Wildman–Crippen LogP) is 3.87. The van der Waals surface area contributed by atoms with Crippen LogP contribution in [0.3, 0.4) is 0 Å². The number of aryl methyl sites for hydroxylation is 3. The van der Waals surface area contributed by atoms with Gasteiger partial charge in [-0.25, -0.2) is 0 Å². The molecule has 122 valence electrons. The van der Waals surface area contributed by atoms with Crippen LogP contribution >= 0.6 is 0 Å². The van der Waals surface area contributed by atoms with E-state index in [2.05, 4.69) is 48.3 Å². The van der Waals surface area contributed by atoms with E-state index in [1.54, 1.807) is 0 Å². The number of nitrogens with one attached hydrogen (secondary N) is 1. The van der Waals surface area contributed by atoms with Gasteiger partial charge in [-0.15, -0.1) is 0 Å². The summed E-state index contributed by atoms with van der Waals surface area (Å²) in [6.45, 7) is 10.6. The zero-order valence-corrected chi connectivity index (χ0v) is 14.5. The molecular weight excluding hydrogens is 284 g/mol. The Morgan fingerprint density at radius 1 is 1.04 bits per heavy atom. The molecule has 1 N–H and O–H groups in total. The number of benzene rings is 2. The minimum Gasteiger partial charge on any atom is -0.370 e. The van der Waals surface area contributed by atoms with Crippen molar-refractivity contribution in [3.63, 3.8) is 0 Å². The Morgan fingerprint density at radius 2 is 1.78 bits per heavy atom. The van der Waals surface area contributed by atoms with Crippen LogP contribution in [-0.2, 0) is 0 Å². The molecule has 0 aliphatic heterocycles. The lowest BCUT2D eigenvalue weighted by Crippen LogP contribution is -2.35. The summed E-state index contributed by atoms with van der Waals surface area (Å²) in [6, 6.07) is 14.3. The number of anilines is 1. The standard InChI is InChI=1S/C20H26N2O/c1-5-22(19-9-7-6-8-17(19)4)13-12-21-20(23)18-14-15(2)10-11-16(18)3/h6-11,14H,5,12-13H2,1-4H3,(H,21,23). The van der Waals surface area contributed by atoms with Crippen LogP contribution in [0.5, 0.6) is 0 Å². The van der Waals surface area contributed by atoms with Crippen LogP contribution in [-0.4, -0.2) is 25.5 Å². The number of carbonyl (C=O) groups is 1. The summed E-state index contributed by atoms with van der Waals surface area (Å²) in [4.78, 5) is 14.7. The number of rotatable bonds is 6. The van der Waals surface area contributed by atoms with Crippen molar-refractivity contribution in [3.05, 3.63) is 64.7 Å². The lowest BCUT2D eigenvalue weighted by Gasteiger charge is -2.25. The van der Waals surface area contributed by atoms with Crippen molar-refractivity contribution in [2.75, 3.05) is 24.5 Å². The smallest absolute Gasteiger partial charge is 0.251 e. The van der Waals surface area contributed by atoms with Gasteiger partial charge in [0.15, 0.2) is 0 Å². The Balaban J connectivity index is 1.97. The fourth-order valence-electron chi connectivity index (χ4n) is 2.75. The Hall–Kier alpha value is -2.29. The highest BCUT2D eigenvalue weighted by Crippen LogP contribution is 2.18. The average Bonchev–Trinajstić information content (AvgIpc) is 2.54. The van der Waals surface area contributed by atoms with Crippen LogP contribution in [0, 0.1) is 20.8 Å². The van der Waals surface area contributed by atoms with Crippen molar-refractivity contribution in [2.45, 2.75) is 27.7 Å². The number of amides is 1. The van der Waals surface area contributed by atoms with Gasteiger partial charge < -0.3 is 10.2 Å². The molecular formula is C20H26N2O. The number of carbonyl (C=O) groups excluding carboxylic acids is 1. The molecule has 3 heteroatoms. The first-order chi connectivity index (χ1) is 11.0. The highest BCUT2D eigenvalue weighted by Gasteiger charge is 2.10. The highest BCUT2D eigenvalue weighted by atomic mass is 16.1. The van der Waals surface area contributed by atoms with Crippen LogP contribution in [0.25, 0.3) is 0 Å². The van der Waals surface area contributed by atoms with Crippen molar-refractivity contribution >= 4 is 11.6 Å². The number of nitrogens with zero attached hydrogens (tertiary/aromatic N) is 1. The zero-order valence-electron chi connectivity index (χ0n) is 14.5. The normalized spacial score (nSPS) is 10.4. The number of para-hydroxylation sites is 1. The van der Waals surface area contributed by atoms with E-state index in [1.165, 1.54) is 11.3 Å². The second kappa shape index (κ2) is 7.82. The number of hydrogen-bond donors (Lipinski definition) is 1. The molecule has 1 amide bonds. The van der Waals surface area contributed by atoms with Gasteiger partial charge in [0, 0.05) is 30.9 Å². The third-order valence-corrected chi connectivity index (χ3v) is 4.14. The van der Waals surface area contributed by atoms with Crippen LogP contribution < -0.4 is 10.2 Å². The molecule has 3 nitrogen and oxygen atoms in total. The molecule has 0 fully saturated rings. The lowest BCUT2D eigenvalue weighted by molar-refractivity contribution is 0.0954. The Bertz CT molecular complexity index is 679.